The summed E-state index contributed by atoms with van der Waals surface area (Å²) in [5.41, 5.74) is -0.342. The molecule has 1 unspecified atom stereocenters. The first-order valence-corrected chi connectivity index (χ1v) is 4.51. The molecule has 1 heterocycles. The molecule has 0 fully saturated rings. The van der Waals surface area contributed by atoms with Crippen LogP contribution in [0.2, 0.25) is 0 Å². The number of aromatic nitrogens is 2. The Labute approximate surface area is 91.4 Å². The first-order chi connectivity index (χ1) is 7.56. The summed E-state index contributed by atoms with van der Waals surface area (Å²) >= 11 is 0. The quantitative estimate of drug-likeness (QED) is 0.546. The number of anilines is 1. The molecule has 1 atom stereocenters. The maximum absolute atomic E-state index is 10.8. The van der Waals surface area contributed by atoms with Crippen LogP contribution >= 0.6 is 0 Å². The molecule has 1 aromatic rings. The van der Waals surface area contributed by atoms with Gasteiger partial charge in [0.05, 0.1) is 18.1 Å². The molecule has 0 aliphatic rings. The Hall–Kier alpha value is -1.96. The molecule has 0 aliphatic heterocycles. The van der Waals surface area contributed by atoms with Gasteiger partial charge in [-0.3, -0.25) is 10.1 Å². The van der Waals surface area contributed by atoms with Gasteiger partial charge in [-0.25, -0.2) is 4.98 Å². The maximum Gasteiger partial charge on any atom is 0.372 e. The third-order valence-corrected chi connectivity index (χ3v) is 1.73. The van der Waals surface area contributed by atoms with Gasteiger partial charge in [-0.15, -0.1) is 0 Å². The number of hydrogen-bond acceptors (Lipinski definition) is 7. The van der Waals surface area contributed by atoms with Crippen molar-refractivity contribution in [1.29, 1.82) is 0 Å². The Balaban J connectivity index is 3.02. The zero-order valence-electron chi connectivity index (χ0n) is 8.88. The van der Waals surface area contributed by atoms with E-state index in [-0.39, 0.29) is 23.9 Å². The van der Waals surface area contributed by atoms with Crippen molar-refractivity contribution in [3.63, 3.8) is 0 Å². The minimum atomic E-state index is -0.638. The highest BCUT2D eigenvalue weighted by Gasteiger charge is 2.23. The van der Waals surface area contributed by atoms with Gasteiger partial charge in [-0.1, -0.05) is 0 Å². The van der Waals surface area contributed by atoms with Gasteiger partial charge < -0.3 is 15.2 Å². The van der Waals surface area contributed by atoms with Crippen LogP contribution in [-0.2, 0) is 0 Å². The molecule has 1 rings (SSSR count). The molecule has 0 saturated heterocycles. The Bertz CT molecular complexity index is 382. The third kappa shape index (κ3) is 2.76. The topological polar surface area (TPSA) is 110 Å². The van der Waals surface area contributed by atoms with E-state index < -0.39 is 11.0 Å². The SMILES string of the molecule is COc1ncnc(NCC(C)O)c1[N+](=O)[O-]. The number of nitro groups is 1. The van der Waals surface area contributed by atoms with E-state index in [9.17, 15) is 10.1 Å². The van der Waals surface area contributed by atoms with Crippen molar-refractivity contribution in [2.75, 3.05) is 19.0 Å². The zero-order valence-corrected chi connectivity index (χ0v) is 8.88. The van der Waals surface area contributed by atoms with Gasteiger partial charge in [0.1, 0.15) is 6.33 Å². The van der Waals surface area contributed by atoms with E-state index in [1.165, 1.54) is 7.11 Å². The number of hydrogen-bond donors (Lipinski definition) is 2. The summed E-state index contributed by atoms with van der Waals surface area (Å²) in [5.74, 6) is -0.0918. The second-order valence-corrected chi connectivity index (χ2v) is 3.07. The van der Waals surface area contributed by atoms with E-state index in [2.05, 4.69) is 15.3 Å². The van der Waals surface area contributed by atoms with Crippen molar-refractivity contribution in [2.45, 2.75) is 13.0 Å². The molecular formula is C8H12N4O4. The van der Waals surface area contributed by atoms with E-state index in [1.807, 2.05) is 0 Å². The molecular weight excluding hydrogens is 216 g/mol. The van der Waals surface area contributed by atoms with Crippen LogP contribution in [0.5, 0.6) is 5.88 Å². The summed E-state index contributed by atoms with van der Waals surface area (Å²) in [6.07, 6.45) is 0.511. The summed E-state index contributed by atoms with van der Waals surface area (Å²) in [4.78, 5) is 17.5. The monoisotopic (exact) mass is 228 g/mol. The molecule has 2 N–H and O–H groups in total. The molecule has 0 radical (unpaired) electrons. The number of aliphatic hydroxyl groups excluding tert-OH is 1. The largest absolute Gasteiger partial charge is 0.476 e. The fourth-order valence-electron chi connectivity index (χ4n) is 1.05. The molecule has 0 bridgehead atoms. The zero-order chi connectivity index (χ0) is 12.1. The van der Waals surface area contributed by atoms with Crippen LogP contribution in [0, 0.1) is 10.1 Å². The highest BCUT2D eigenvalue weighted by molar-refractivity contribution is 5.61. The Morgan fingerprint density at radius 2 is 2.38 bits per heavy atom. The lowest BCUT2D eigenvalue weighted by Gasteiger charge is -2.08. The van der Waals surface area contributed by atoms with Crippen molar-refractivity contribution < 1.29 is 14.8 Å². The number of nitrogens with one attached hydrogen (secondary N) is 1. The normalized spacial score (nSPS) is 11.9. The standard InChI is InChI=1S/C8H12N4O4/c1-5(13)3-9-7-6(12(14)15)8(16-2)11-4-10-7/h4-5,13H,3H2,1-2H3,(H,9,10,11). The molecule has 8 heteroatoms. The van der Waals surface area contributed by atoms with E-state index in [1.54, 1.807) is 6.92 Å². The molecule has 0 saturated carbocycles. The van der Waals surface area contributed by atoms with Gasteiger partial charge in [0, 0.05) is 6.54 Å². The minimum absolute atomic E-state index is 0.0257. The van der Waals surface area contributed by atoms with Gasteiger partial charge in [0.15, 0.2) is 0 Å². The molecule has 16 heavy (non-hydrogen) atoms. The smallest absolute Gasteiger partial charge is 0.372 e. The summed E-state index contributed by atoms with van der Waals surface area (Å²) < 4.78 is 4.76. The molecule has 1 aromatic heterocycles. The highest BCUT2D eigenvalue weighted by Crippen LogP contribution is 2.30. The summed E-state index contributed by atoms with van der Waals surface area (Å²) in [5, 5.41) is 22.5. The lowest BCUT2D eigenvalue weighted by atomic mass is 10.4. The third-order valence-electron chi connectivity index (χ3n) is 1.73. The molecule has 0 amide bonds. The van der Waals surface area contributed by atoms with Crippen LogP contribution in [0.3, 0.4) is 0 Å². The second-order valence-electron chi connectivity index (χ2n) is 3.07. The van der Waals surface area contributed by atoms with Crippen LogP contribution in [0.4, 0.5) is 11.5 Å². The van der Waals surface area contributed by atoms with Crippen molar-refractivity contribution in [1.82, 2.24) is 9.97 Å². The van der Waals surface area contributed by atoms with Crippen LogP contribution < -0.4 is 10.1 Å². The first kappa shape index (κ1) is 12.1. The number of nitrogens with zero attached hydrogens (tertiary/aromatic N) is 3. The average molecular weight is 228 g/mol. The van der Waals surface area contributed by atoms with E-state index >= 15 is 0 Å². The van der Waals surface area contributed by atoms with Crippen molar-refractivity contribution in [3.8, 4) is 5.88 Å². The number of rotatable bonds is 5. The van der Waals surface area contributed by atoms with Crippen LogP contribution in [-0.4, -0.2) is 39.8 Å². The van der Waals surface area contributed by atoms with E-state index in [0.717, 1.165) is 6.33 Å². The van der Waals surface area contributed by atoms with Crippen LogP contribution in [0.1, 0.15) is 6.92 Å². The molecule has 8 nitrogen and oxygen atoms in total. The highest BCUT2D eigenvalue weighted by atomic mass is 16.6. The van der Waals surface area contributed by atoms with Crippen molar-refractivity contribution >= 4 is 11.5 Å². The van der Waals surface area contributed by atoms with Gasteiger partial charge in [0.25, 0.3) is 5.88 Å². The van der Waals surface area contributed by atoms with Crippen molar-refractivity contribution in [3.05, 3.63) is 16.4 Å². The maximum atomic E-state index is 10.8. The van der Waals surface area contributed by atoms with Gasteiger partial charge in [-0.2, -0.15) is 4.98 Å². The summed E-state index contributed by atoms with van der Waals surface area (Å²) in [7, 11) is 1.29. The Morgan fingerprint density at radius 1 is 1.69 bits per heavy atom. The number of methoxy groups -OCH3 is 1. The van der Waals surface area contributed by atoms with Gasteiger partial charge >= 0.3 is 5.69 Å². The number of ether oxygens (including phenoxy) is 1. The second kappa shape index (κ2) is 5.21. The van der Waals surface area contributed by atoms with Crippen LogP contribution in [0.25, 0.3) is 0 Å². The predicted molar refractivity (Wildman–Crippen MR) is 55.4 cm³/mol. The molecule has 0 aromatic carbocycles. The van der Waals surface area contributed by atoms with E-state index in [0.29, 0.717) is 0 Å². The first-order valence-electron chi connectivity index (χ1n) is 4.51. The predicted octanol–water partition coefficient (Wildman–Crippen LogP) is 0.186. The van der Waals surface area contributed by atoms with Gasteiger partial charge in [-0.05, 0) is 6.92 Å². The molecule has 88 valence electrons. The van der Waals surface area contributed by atoms with Crippen LogP contribution in [0.15, 0.2) is 6.33 Å². The summed E-state index contributed by atoms with van der Waals surface area (Å²) in [6.45, 7) is 1.71. The summed E-state index contributed by atoms with van der Waals surface area (Å²) in [6, 6.07) is 0. The van der Waals surface area contributed by atoms with E-state index in [4.69, 9.17) is 9.84 Å². The molecule has 0 spiro atoms. The fourth-order valence-corrected chi connectivity index (χ4v) is 1.05. The minimum Gasteiger partial charge on any atom is -0.476 e. The Morgan fingerprint density at radius 3 is 2.88 bits per heavy atom. The van der Waals surface area contributed by atoms with Crippen molar-refractivity contribution in [2.24, 2.45) is 0 Å². The molecule has 0 aliphatic carbocycles. The lowest BCUT2D eigenvalue weighted by Crippen LogP contribution is -2.17. The fraction of sp³-hybridized carbons (Fsp3) is 0.500. The average Bonchev–Trinajstić information content (AvgIpc) is 2.25. The lowest BCUT2D eigenvalue weighted by molar-refractivity contribution is -0.385. The van der Waals surface area contributed by atoms with Gasteiger partial charge in [0.2, 0.25) is 5.82 Å². The number of aliphatic hydroxyl groups is 1. The Kier molecular flexibility index (Phi) is 3.95.